The van der Waals surface area contributed by atoms with E-state index in [1.165, 1.54) is 16.8 Å². The van der Waals surface area contributed by atoms with Crippen LogP contribution in [0.3, 0.4) is 0 Å². The summed E-state index contributed by atoms with van der Waals surface area (Å²) in [5.74, 6) is 0.801. The quantitative estimate of drug-likeness (QED) is 0.906. The monoisotopic (exact) mass is 303 g/mol. The molecule has 0 bridgehead atoms. The first-order valence-electron chi connectivity index (χ1n) is 8.28. The molecule has 1 aliphatic heterocycles. The molecule has 1 heterocycles. The van der Waals surface area contributed by atoms with Gasteiger partial charge in [-0.3, -0.25) is 4.79 Å². The molecule has 1 amide bonds. The van der Waals surface area contributed by atoms with Crippen LogP contribution in [0, 0.1) is 19.8 Å². The number of hydrogen-bond acceptors (Lipinski definition) is 3. The number of rotatable bonds is 5. The summed E-state index contributed by atoms with van der Waals surface area (Å²) in [5.41, 5.74) is 3.99. The third-order valence-corrected chi connectivity index (χ3v) is 4.38. The van der Waals surface area contributed by atoms with Crippen LogP contribution in [0.1, 0.15) is 25.0 Å². The maximum absolute atomic E-state index is 12.2. The van der Waals surface area contributed by atoms with E-state index in [-0.39, 0.29) is 5.91 Å². The lowest BCUT2D eigenvalue weighted by molar-refractivity contribution is -0.130. The maximum atomic E-state index is 12.2. The molecule has 1 N–H and O–H groups in total. The summed E-state index contributed by atoms with van der Waals surface area (Å²) in [6, 6.07) is 6.45. The molecular formula is C18H29N3O. The number of hydrogen-bond donors (Lipinski definition) is 1. The van der Waals surface area contributed by atoms with E-state index >= 15 is 0 Å². The summed E-state index contributed by atoms with van der Waals surface area (Å²) in [4.78, 5) is 16.6. The van der Waals surface area contributed by atoms with Crippen LogP contribution in [0.5, 0.6) is 0 Å². The lowest BCUT2D eigenvalue weighted by Gasteiger charge is -2.37. The summed E-state index contributed by atoms with van der Waals surface area (Å²) in [5, 5.41) is 3.24. The number of piperazine rings is 1. The molecule has 0 radical (unpaired) electrons. The average molecular weight is 303 g/mol. The molecular weight excluding hydrogens is 274 g/mol. The minimum Gasteiger partial charge on any atom is -0.368 e. The Kier molecular flexibility index (Phi) is 5.83. The lowest BCUT2D eigenvalue weighted by atomic mass is 10.1. The van der Waals surface area contributed by atoms with Gasteiger partial charge in [-0.05, 0) is 43.5 Å². The topological polar surface area (TPSA) is 35.6 Å². The summed E-state index contributed by atoms with van der Waals surface area (Å²) in [6.45, 7) is 13.5. The zero-order valence-corrected chi connectivity index (χ0v) is 14.4. The molecule has 1 aliphatic rings. The van der Waals surface area contributed by atoms with Gasteiger partial charge in [-0.1, -0.05) is 26.0 Å². The number of carbonyl (C=O) groups excluding carboxylic acids is 1. The maximum Gasteiger partial charge on any atom is 0.236 e. The molecule has 1 aromatic carbocycles. The molecule has 1 aromatic rings. The average Bonchev–Trinajstić information content (AvgIpc) is 2.50. The highest BCUT2D eigenvalue weighted by atomic mass is 16.2. The number of anilines is 1. The normalized spacial score (nSPS) is 15.5. The van der Waals surface area contributed by atoms with Gasteiger partial charge in [-0.15, -0.1) is 0 Å². The zero-order chi connectivity index (χ0) is 16.1. The molecule has 0 saturated carbocycles. The third kappa shape index (κ3) is 4.23. The Morgan fingerprint density at radius 2 is 1.86 bits per heavy atom. The predicted octanol–water partition coefficient (Wildman–Crippen LogP) is 2.20. The minimum absolute atomic E-state index is 0.223. The Bertz CT molecular complexity index is 505. The standard InChI is InChI=1S/C18H29N3O/c1-14(2)12-19-13-18(22)21-10-8-20(9-11-21)17-7-5-6-15(3)16(17)4/h5-7,14,19H,8-13H2,1-4H3. The van der Waals surface area contributed by atoms with E-state index in [0.717, 1.165) is 32.7 Å². The van der Waals surface area contributed by atoms with E-state index < -0.39 is 0 Å². The Balaban J connectivity index is 1.85. The Morgan fingerprint density at radius 3 is 2.50 bits per heavy atom. The number of nitrogens with zero attached hydrogens (tertiary/aromatic N) is 2. The number of benzene rings is 1. The molecule has 1 saturated heterocycles. The van der Waals surface area contributed by atoms with Gasteiger partial charge < -0.3 is 15.1 Å². The van der Waals surface area contributed by atoms with Crippen LogP contribution in [0.4, 0.5) is 5.69 Å². The molecule has 22 heavy (non-hydrogen) atoms. The van der Waals surface area contributed by atoms with Crippen LogP contribution in [0.15, 0.2) is 18.2 Å². The van der Waals surface area contributed by atoms with Crippen molar-refractivity contribution < 1.29 is 4.79 Å². The van der Waals surface area contributed by atoms with Crippen LogP contribution < -0.4 is 10.2 Å². The molecule has 4 nitrogen and oxygen atoms in total. The highest BCUT2D eigenvalue weighted by Crippen LogP contribution is 2.23. The molecule has 0 spiro atoms. The van der Waals surface area contributed by atoms with Gasteiger partial charge in [0.25, 0.3) is 0 Å². The molecule has 1 fully saturated rings. The number of carbonyl (C=O) groups is 1. The van der Waals surface area contributed by atoms with Gasteiger partial charge in [-0.2, -0.15) is 0 Å². The third-order valence-electron chi connectivity index (χ3n) is 4.38. The van der Waals surface area contributed by atoms with Crippen LogP contribution in [0.2, 0.25) is 0 Å². The molecule has 0 aromatic heterocycles. The number of nitrogens with one attached hydrogen (secondary N) is 1. The molecule has 0 aliphatic carbocycles. The van der Waals surface area contributed by atoms with Crippen molar-refractivity contribution >= 4 is 11.6 Å². The van der Waals surface area contributed by atoms with Crippen molar-refractivity contribution in [1.29, 1.82) is 0 Å². The van der Waals surface area contributed by atoms with Crippen molar-refractivity contribution in [3.05, 3.63) is 29.3 Å². The van der Waals surface area contributed by atoms with Gasteiger partial charge in [0.1, 0.15) is 0 Å². The first-order valence-corrected chi connectivity index (χ1v) is 8.28. The summed E-state index contributed by atoms with van der Waals surface area (Å²) >= 11 is 0. The van der Waals surface area contributed by atoms with Crippen molar-refractivity contribution in [2.24, 2.45) is 5.92 Å². The van der Waals surface area contributed by atoms with Crippen LogP contribution in [-0.4, -0.2) is 50.1 Å². The lowest BCUT2D eigenvalue weighted by Crippen LogP contribution is -2.51. The summed E-state index contributed by atoms with van der Waals surface area (Å²) < 4.78 is 0. The highest BCUT2D eigenvalue weighted by molar-refractivity contribution is 5.78. The van der Waals surface area contributed by atoms with E-state index in [1.807, 2.05) is 4.90 Å². The van der Waals surface area contributed by atoms with Crippen molar-refractivity contribution in [3.63, 3.8) is 0 Å². The fourth-order valence-corrected chi connectivity index (χ4v) is 2.85. The largest absolute Gasteiger partial charge is 0.368 e. The fourth-order valence-electron chi connectivity index (χ4n) is 2.85. The Labute approximate surface area is 134 Å². The molecule has 4 heteroatoms. The highest BCUT2D eigenvalue weighted by Gasteiger charge is 2.21. The van der Waals surface area contributed by atoms with Crippen molar-refractivity contribution in [3.8, 4) is 0 Å². The van der Waals surface area contributed by atoms with E-state index in [0.29, 0.717) is 12.5 Å². The van der Waals surface area contributed by atoms with E-state index in [2.05, 4.69) is 56.1 Å². The van der Waals surface area contributed by atoms with Gasteiger partial charge in [0.15, 0.2) is 0 Å². The molecule has 2 rings (SSSR count). The van der Waals surface area contributed by atoms with E-state index in [9.17, 15) is 4.79 Å². The van der Waals surface area contributed by atoms with Gasteiger partial charge in [0.2, 0.25) is 5.91 Å². The van der Waals surface area contributed by atoms with Crippen LogP contribution in [0.25, 0.3) is 0 Å². The first-order chi connectivity index (χ1) is 10.5. The molecule has 122 valence electrons. The van der Waals surface area contributed by atoms with Crippen LogP contribution in [-0.2, 0) is 4.79 Å². The van der Waals surface area contributed by atoms with Gasteiger partial charge in [0, 0.05) is 31.9 Å². The minimum atomic E-state index is 0.223. The van der Waals surface area contributed by atoms with Crippen molar-refractivity contribution in [2.45, 2.75) is 27.7 Å². The summed E-state index contributed by atoms with van der Waals surface area (Å²) in [7, 11) is 0. The van der Waals surface area contributed by atoms with Crippen molar-refractivity contribution in [2.75, 3.05) is 44.2 Å². The van der Waals surface area contributed by atoms with E-state index in [4.69, 9.17) is 0 Å². The molecule has 0 atom stereocenters. The molecule has 0 unspecified atom stereocenters. The second-order valence-corrected chi connectivity index (χ2v) is 6.61. The van der Waals surface area contributed by atoms with Gasteiger partial charge >= 0.3 is 0 Å². The first kappa shape index (κ1) is 16.8. The van der Waals surface area contributed by atoms with E-state index in [1.54, 1.807) is 0 Å². The smallest absolute Gasteiger partial charge is 0.236 e. The SMILES string of the molecule is Cc1cccc(N2CCN(C(=O)CNCC(C)C)CC2)c1C. The summed E-state index contributed by atoms with van der Waals surface area (Å²) in [6.07, 6.45) is 0. The van der Waals surface area contributed by atoms with Crippen LogP contribution >= 0.6 is 0 Å². The Morgan fingerprint density at radius 1 is 1.18 bits per heavy atom. The second-order valence-electron chi connectivity index (χ2n) is 6.61. The van der Waals surface area contributed by atoms with Crippen molar-refractivity contribution in [1.82, 2.24) is 10.2 Å². The fraction of sp³-hybridized carbons (Fsp3) is 0.611. The predicted molar refractivity (Wildman–Crippen MR) is 92.4 cm³/mol. The zero-order valence-electron chi connectivity index (χ0n) is 14.4. The van der Waals surface area contributed by atoms with Gasteiger partial charge in [-0.25, -0.2) is 0 Å². The Hall–Kier alpha value is -1.55. The number of aryl methyl sites for hydroxylation is 1. The van der Waals surface area contributed by atoms with Gasteiger partial charge in [0.05, 0.1) is 6.54 Å². The number of amides is 1. The second kappa shape index (κ2) is 7.63.